The van der Waals surface area contributed by atoms with Gasteiger partial charge in [-0.25, -0.2) is 0 Å². The number of benzene rings is 2. The molecule has 2 rings (SSSR count). The Morgan fingerprint density at radius 1 is 1.00 bits per heavy atom. The number of rotatable bonds is 3. The topological polar surface area (TPSA) is 29.1 Å². The molecule has 0 atom stereocenters. The fraction of sp³-hybridized carbons (Fsp3) is 0.0714. The van der Waals surface area contributed by atoms with Gasteiger partial charge in [-0.3, -0.25) is 0 Å². The fourth-order valence-corrected chi connectivity index (χ4v) is 3.35. The van der Waals surface area contributed by atoms with Crippen LogP contribution in [-0.4, -0.2) is 27.9 Å². The monoisotopic (exact) mass is 291 g/mol. The molecule has 17 heavy (non-hydrogen) atoms. The molecule has 86 valence electrons. The first kappa shape index (κ1) is 11.9. The van der Waals surface area contributed by atoms with E-state index in [1.807, 2.05) is 36.4 Å². The Morgan fingerprint density at radius 3 is 2.41 bits per heavy atom. The third-order valence-electron chi connectivity index (χ3n) is 2.30. The van der Waals surface area contributed by atoms with Gasteiger partial charge in [0.05, 0.1) is 0 Å². The molecule has 3 heteroatoms. The first-order valence-electron chi connectivity index (χ1n) is 5.34. The van der Waals surface area contributed by atoms with Crippen molar-refractivity contribution < 1.29 is 4.79 Å². The van der Waals surface area contributed by atoms with Gasteiger partial charge in [-0.1, -0.05) is 0 Å². The van der Waals surface area contributed by atoms with Gasteiger partial charge in [0.1, 0.15) is 0 Å². The van der Waals surface area contributed by atoms with Gasteiger partial charge in [0, 0.05) is 0 Å². The molecule has 0 saturated carbocycles. The zero-order valence-corrected chi connectivity index (χ0v) is 11.2. The van der Waals surface area contributed by atoms with E-state index in [9.17, 15) is 4.79 Å². The average Bonchev–Trinajstić information content (AvgIpc) is 2.39. The first-order chi connectivity index (χ1) is 8.29. The Hall–Kier alpha value is -1.57. The van der Waals surface area contributed by atoms with E-state index in [0.717, 1.165) is 5.56 Å². The van der Waals surface area contributed by atoms with Crippen LogP contribution >= 0.6 is 0 Å². The summed E-state index contributed by atoms with van der Waals surface area (Å²) in [6, 6.07) is 18.1. The number of carbonyl (C=O) groups excluding carboxylic acids is 1. The van der Waals surface area contributed by atoms with Gasteiger partial charge in [0.15, 0.2) is 0 Å². The van der Waals surface area contributed by atoms with E-state index in [1.54, 1.807) is 7.05 Å². The number of hydrogen-bond acceptors (Lipinski definition) is 1. The van der Waals surface area contributed by atoms with Crippen LogP contribution < -0.4 is 14.2 Å². The summed E-state index contributed by atoms with van der Waals surface area (Å²) in [4.78, 5) is 11.5. The summed E-state index contributed by atoms with van der Waals surface area (Å²) in [6.07, 6.45) is 0. The molecule has 2 nitrogen and oxygen atoms in total. The van der Waals surface area contributed by atoms with Crippen LogP contribution in [0.5, 0.6) is 0 Å². The maximum absolute atomic E-state index is 11.5. The van der Waals surface area contributed by atoms with Gasteiger partial charge in [-0.2, -0.15) is 0 Å². The van der Waals surface area contributed by atoms with Gasteiger partial charge in [0.2, 0.25) is 0 Å². The van der Waals surface area contributed by atoms with Gasteiger partial charge >= 0.3 is 107 Å². The minimum atomic E-state index is -0.0317. The predicted molar refractivity (Wildman–Crippen MR) is 71.3 cm³/mol. The number of nitrogens with one attached hydrogen (secondary N) is 1. The Bertz CT molecular complexity index is 511. The molecule has 0 spiro atoms. The number of hydrogen-bond donors (Lipinski definition) is 1. The molecular formula is C14H13NOSe. The molecule has 0 unspecified atom stereocenters. The molecule has 0 bridgehead atoms. The molecule has 0 heterocycles. The van der Waals surface area contributed by atoms with E-state index in [-0.39, 0.29) is 20.9 Å². The molecule has 0 aliphatic heterocycles. The van der Waals surface area contributed by atoms with Crippen LogP contribution in [0.3, 0.4) is 0 Å². The Labute approximate surface area is 107 Å². The maximum atomic E-state index is 11.5. The molecule has 1 N–H and O–H groups in total. The predicted octanol–water partition coefficient (Wildman–Crippen LogP) is 0.701. The van der Waals surface area contributed by atoms with Crippen molar-refractivity contribution in [2.24, 2.45) is 0 Å². The van der Waals surface area contributed by atoms with Crippen LogP contribution in [0.15, 0.2) is 54.6 Å². The summed E-state index contributed by atoms with van der Waals surface area (Å²) in [7, 11) is 1.65. The van der Waals surface area contributed by atoms with E-state index in [2.05, 4.69) is 23.5 Å². The van der Waals surface area contributed by atoms with Crippen molar-refractivity contribution in [1.82, 2.24) is 5.32 Å². The molecule has 0 radical (unpaired) electrons. The second kappa shape index (κ2) is 5.67. The zero-order chi connectivity index (χ0) is 12.1. The molecule has 1 amide bonds. The van der Waals surface area contributed by atoms with Gasteiger partial charge < -0.3 is 0 Å². The standard InChI is InChI=1S/C14H13NOSe/c1-15-14(16)11-6-5-9-13(10-11)17-12-7-3-2-4-8-12/h2-10H,1H3,(H,15,16). The van der Waals surface area contributed by atoms with E-state index in [0.29, 0.717) is 0 Å². The second-order valence-corrected chi connectivity index (χ2v) is 5.93. The van der Waals surface area contributed by atoms with Crippen molar-refractivity contribution in [2.75, 3.05) is 7.05 Å². The molecule has 0 aromatic heterocycles. The summed E-state index contributed by atoms with van der Waals surface area (Å²) in [5.41, 5.74) is 0.725. The quantitative estimate of drug-likeness (QED) is 0.829. The molecule has 2 aromatic carbocycles. The van der Waals surface area contributed by atoms with Crippen molar-refractivity contribution in [3.05, 3.63) is 60.2 Å². The second-order valence-electron chi connectivity index (χ2n) is 3.52. The number of carbonyl (C=O) groups is 1. The van der Waals surface area contributed by atoms with Crippen LogP contribution in [0.25, 0.3) is 0 Å². The third kappa shape index (κ3) is 3.19. The summed E-state index contributed by atoms with van der Waals surface area (Å²) in [5, 5.41) is 2.64. The van der Waals surface area contributed by atoms with Crippen LogP contribution in [0.1, 0.15) is 10.4 Å². The molecule has 2 aromatic rings. The Morgan fingerprint density at radius 2 is 1.71 bits per heavy atom. The van der Waals surface area contributed by atoms with Crippen molar-refractivity contribution >= 4 is 29.8 Å². The summed E-state index contributed by atoms with van der Waals surface area (Å²) in [5.74, 6) is -0.0317. The van der Waals surface area contributed by atoms with Gasteiger partial charge in [-0.15, -0.1) is 0 Å². The Kier molecular flexibility index (Phi) is 3.97. The normalized spacial score (nSPS) is 9.94. The van der Waals surface area contributed by atoms with Crippen LogP contribution in [0.2, 0.25) is 0 Å². The van der Waals surface area contributed by atoms with Crippen molar-refractivity contribution in [3.8, 4) is 0 Å². The van der Waals surface area contributed by atoms with Crippen LogP contribution in [-0.2, 0) is 0 Å². The molecule has 0 aliphatic carbocycles. The fourth-order valence-electron chi connectivity index (χ4n) is 1.47. The van der Waals surface area contributed by atoms with Crippen molar-refractivity contribution in [3.63, 3.8) is 0 Å². The molecule has 0 saturated heterocycles. The SMILES string of the molecule is CNC(=O)c1cccc([Se]c2ccccc2)c1. The summed E-state index contributed by atoms with van der Waals surface area (Å²) < 4.78 is 2.53. The average molecular weight is 290 g/mol. The number of amides is 1. The van der Waals surface area contributed by atoms with Crippen molar-refractivity contribution in [2.45, 2.75) is 0 Å². The zero-order valence-electron chi connectivity index (χ0n) is 9.51. The molecule has 0 aliphatic rings. The van der Waals surface area contributed by atoms with Gasteiger partial charge in [-0.05, 0) is 0 Å². The van der Waals surface area contributed by atoms with E-state index < -0.39 is 0 Å². The first-order valence-corrected chi connectivity index (χ1v) is 7.06. The Balaban J connectivity index is 2.20. The summed E-state index contributed by atoms with van der Waals surface area (Å²) >= 11 is 0.255. The van der Waals surface area contributed by atoms with E-state index in [1.165, 1.54) is 8.92 Å². The van der Waals surface area contributed by atoms with Crippen molar-refractivity contribution in [1.29, 1.82) is 0 Å². The minimum absolute atomic E-state index is 0.0317. The van der Waals surface area contributed by atoms with Gasteiger partial charge in [0.25, 0.3) is 0 Å². The van der Waals surface area contributed by atoms with E-state index in [4.69, 9.17) is 0 Å². The van der Waals surface area contributed by atoms with Crippen LogP contribution in [0.4, 0.5) is 0 Å². The third-order valence-corrected chi connectivity index (χ3v) is 4.40. The summed E-state index contributed by atoms with van der Waals surface area (Å²) in [6.45, 7) is 0. The molecule has 0 fully saturated rings. The van der Waals surface area contributed by atoms with Crippen LogP contribution in [0, 0.1) is 0 Å². The van der Waals surface area contributed by atoms with E-state index >= 15 is 0 Å². The molecular weight excluding hydrogens is 277 g/mol.